The summed E-state index contributed by atoms with van der Waals surface area (Å²) in [6.45, 7) is 4.23. The molecule has 1 aliphatic rings. The number of hydrogen-bond acceptors (Lipinski definition) is 1. The highest BCUT2D eigenvalue weighted by atomic mass is 35.5. The molecular weight excluding hydrogens is 184 g/mol. The van der Waals surface area contributed by atoms with Crippen molar-refractivity contribution in [2.75, 3.05) is 0 Å². The van der Waals surface area contributed by atoms with Gasteiger partial charge < -0.3 is 10.3 Å². The first-order chi connectivity index (χ1) is 6.03. The Kier molecular flexibility index (Phi) is 1.93. The maximum absolute atomic E-state index is 6.08. The summed E-state index contributed by atoms with van der Waals surface area (Å²) < 4.78 is 2.06. The van der Waals surface area contributed by atoms with E-state index in [0.29, 0.717) is 6.04 Å². The van der Waals surface area contributed by atoms with E-state index in [9.17, 15) is 0 Å². The molecule has 3 heteroatoms. The Morgan fingerprint density at radius 2 is 2.15 bits per heavy atom. The number of rotatable bonds is 2. The standard InChI is InChI=1S/C10H15ClN2/c1-7(2)13-6-8(5-9(13)11)10(12)3-4-10/h5-7H,3-4,12H2,1-2H3. The van der Waals surface area contributed by atoms with E-state index in [1.165, 1.54) is 5.56 Å². The minimum Gasteiger partial charge on any atom is -0.336 e. The lowest BCUT2D eigenvalue weighted by atomic mass is 10.1. The first kappa shape index (κ1) is 9.10. The molecular formula is C10H15ClN2. The van der Waals surface area contributed by atoms with Gasteiger partial charge in [-0.25, -0.2) is 0 Å². The highest BCUT2D eigenvalue weighted by Gasteiger charge is 2.41. The Morgan fingerprint density at radius 3 is 2.54 bits per heavy atom. The molecule has 0 aromatic carbocycles. The van der Waals surface area contributed by atoms with Crippen LogP contribution < -0.4 is 5.73 Å². The molecule has 2 nitrogen and oxygen atoms in total. The molecule has 72 valence electrons. The summed E-state index contributed by atoms with van der Waals surface area (Å²) >= 11 is 6.08. The molecule has 1 fully saturated rings. The minimum absolute atomic E-state index is 0.0657. The lowest BCUT2D eigenvalue weighted by Gasteiger charge is -2.08. The SMILES string of the molecule is CC(C)n1cc(C2(N)CC2)cc1Cl. The lowest BCUT2D eigenvalue weighted by Crippen LogP contribution is -2.17. The van der Waals surface area contributed by atoms with Crippen LogP contribution in [0.3, 0.4) is 0 Å². The smallest absolute Gasteiger partial charge is 0.109 e. The molecule has 2 rings (SSSR count). The number of nitrogens with two attached hydrogens (primary N) is 1. The van der Waals surface area contributed by atoms with E-state index in [1.807, 2.05) is 6.07 Å². The first-order valence-corrected chi connectivity index (χ1v) is 5.07. The van der Waals surface area contributed by atoms with Gasteiger partial charge in [0.05, 0.1) is 0 Å². The third-order valence-corrected chi connectivity index (χ3v) is 3.02. The maximum Gasteiger partial charge on any atom is 0.109 e. The predicted molar refractivity (Wildman–Crippen MR) is 54.9 cm³/mol. The van der Waals surface area contributed by atoms with Crippen molar-refractivity contribution in [3.8, 4) is 0 Å². The van der Waals surface area contributed by atoms with Crippen molar-refractivity contribution in [1.29, 1.82) is 0 Å². The van der Waals surface area contributed by atoms with Crippen molar-refractivity contribution in [3.05, 3.63) is 23.0 Å². The molecule has 0 spiro atoms. The van der Waals surface area contributed by atoms with Gasteiger partial charge in [-0.2, -0.15) is 0 Å². The number of hydrogen-bond donors (Lipinski definition) is 1. The van der Waals surface area contributed by atoms with Crippen LogP contribution >= 0.6 is 11.6 Å². The Labute approximate surface area is 83.7 Å². The van der Waals surface area contributed by atoms with E-state index < -0.39 is 0 Å². The predicted octanol–water partition coefficient (Wildman–Crippen LogP) is 2.67. The second kappa shape index (κ2) is 2.76. The van der Waals surface area contributed by atoms with Crippen molar-refractivity contribution in [2.24, 2.45) is 5.73 Å². The molecule has 1 aliphatic carbocycles. The molecule has 0 saturated heterocycles. The monoisotopic (exact) mass is 198 g/mol. The fraction of sp³-hybridized carbons (Fsp3) is 0.600. The van der Waals surface area contributed by atoms with Crippen molar-refractivity contribution in [2.45, 2.75) is 38.3 Å². The molecule has 13 heavy (non-hydrogen) atoms. The van der Waals surface area contributed by atoms with Crippen LogP contribution in [0, 0.1) is 0 Å². The Hall–Kier alpha value is -0.470. The zero-order valence-electron chi connectivity index (χ0n) is 8.05. The van der Waals surface area contributed by atoms with E-state index in [4.69, 9.17) is 17.3 Å². The lowest BCUT2D eigenvalue weighted by molar-refractivity contribution is 0.599. The molecule has 0 radical (unpaired) electrons. The van der Waals surface area contributed by atoms with Gasteiger partial charge >= 0.3 is 0 Å². The van der Waals surface area contributed by atoms with Gasteiger partial charge in [0, 0.05) is 17.8 Å². The molecule has 1 saturated carbocycles. The van der Waals surface area contributed by atoms with E-state index in [2.05, 4.69) is 24.6 Å². The van der Waals surface area contributed by atoms with Gasteiger partial charge in [-0.1, -0.05) is 11.6 Å². The van der Waals surface area contributed by atoms with Crippen LogP contribution in [0.4, 0.5) is 0 Å². The minimum atomic E-state index is -0.0657. The van der Waals surface area contributed by atoms with Gasteiger partial charge in [-0.05, 0) is 38.3 Å². The summed E-state index contributed by atoms with van der Waals surface area (Å²) in [6.07, 6.45) is 4.26. The summed E-state index contributed by atoms with van der Waals surface area (Å²) in [7, 11) is 0. The number of aromatic nitrogens is 1. The highest BCUT2D eigenvalue weighted by molar-refractivity contribution is 6.29. The molecule has 0 bridgehead atoms. The third kappa shape index (κ3) is 1.49. The van der Waals surface area contributed by atoms with Gasteiger partial charge in [0.2, 0.25) is 0 Å². The summed E-state index contributed by atoms with van der Waals surface area (Å²) in [6, 6.07) is 2.40. The van der Waals surface area contributed by atoms with Gasteiger partial charge in [0.15, 0.2) is 0 Å². The van der Waals surface area contributed by atoms with Crippen LogP contribution in [0.1, 0.15) is 38.3 Å². The van der Waals surface area contributed by atoms with E-state index in [1.54, 1.807) is 0 Å². The quantitative estimate of drug-likeness (QED) is 0.779. The summed E-state index contributed by atoms with van der Waals surface area (Å²) in [4.78, 5) is 0. The average molecular weight is 199 g/mol. The fourth-order valence-electron chi connectivity index (χ4n) is 1.54. The zero-order valence-corrected chi connectivity index (χ0v) is 8.80. The fourth-order valence-corrected chi connectivity index (χ4v) is 1.90. The molecule has 1 heterocycles. The molecule has 1 aromatic heterocycles. The molecule has 0 atom stereocenters. The van der Waals surface area contributed by atoms with Gasteiger partial charge in [-0.3, -0.25) is 0 Å². The van der Waals surface area contributed by atoms with Crippen LogP contribution in [0.15, 0.2) is 12.3 Å². The Morgan fingerprint density at radius 1 is 1.54 bits per heavy atom. The van der Waals surface area contributed by atoms with E-state index >= 15 is 0 Å². The Bertz CT molecular complexity index is 324. The zero-order chi connectivity index (χ0) is 9.64. The molecule has 0 unspecified atom stereocenters. The maximum atomic E-state index is 6.08. The molecule has 0 aliphatic heterocycles. The molecule has 1 aromatic rings. The highest BCUT2D eigenvalue weighted by Crippen LogP contribution is 2.44. The average Bonchev–Trinajstić information content (AvgIpc) is 2.63. The Balaban J connectivity index is 2.35. The number of nitrogens with zero attached hydrogens (tertiary/aromatic N) is 1. The van der Waals surface area contributed by atoms with Crippen molar-refractivity contribution >= 4 is 11.6 Å². The topological polar surface area (TPSA) is 30.9 Å². The van der Waals surface area contributed by atoms with Crippen LogP contribution in [0.25, 0.3) is 0 Å². The van der Waals surface area contributed by atoms with Gasteiger partial charge in [-0.15, -0.1) is 0 Å². The van der Waals surface area contributed by atoms with Crippen LogP contribution in [0.5, 0.6) is 0 Å². The largest absolute Gasteiger partial charge is 0.336 e. The first-order valence-electron chi connectivity index (χ1n) is 4.70. The number of halogens is 1. The second-order valence-corrected chi connectivity index (χ2v) is 4.60. The molecule has 2 N–H and O–H groups in total. The van der Waals surface area contributed by atoms with Crippen LogP contribution in [-0.4, -0.2) is 4.57 Å². The van der Waals surface area contributed by atoms with E-state index in [0.717, 1.165) is 18.0 Å². The second-order valence-electron chi connectivity index (χ2n) is 4.21. The van der Waals surface area contributed by atoms with Crippen molar-refractivity contribution < 1.29 is 0 Å². The summed E-state index contributed by atoms with van der Waals surface area (Å²) in [5.41, 5.74) is 7.20. The summed E-state index contributed by atoms with van der Waals surface area (Å²) in [5, 5.41) is 0.793. The summed E-state index contributed by atoms with van der Waals surface area (Å²) in [5.74, 6) is 0. The normalized spacial score (nSPS) is 19.5. The van der Waals surface area contributed by atoms with Crippen molar-refractivity contribution in [3.63, 3.8) is 0 Å². The van der Waals surface area contributed by atoms with Crippen LogP contribution in [0.2, 0.25) is 5.15 Å². The van der Waals surface area contributed by atoms with Crippen LogP contribution in [-0.2, 0) is 5.54 Å². The van der Waals surface area contributed by atoms with Crippen molar-refractivity contribution in [1.82, 2.24) is 4.57 Å². The van der Waals surface area contributed by atoms with Gasteiger partial charge in [0.1, 0.15) is 5.15 Å². The molecule has 0 amide bonds. The van der Waals surface area contributed by atoms with Gasteiger partial charge in [0.25, 0.3) is 0 Å². The van der Waals surface area contributed by atoms with E-state index in [-0.39, 0.29) is 5.54 Å². The third-order valence-electron chi connectivity index (χ3n) is 2.72.